The number of amides is 1. The van der Waals surface area contributed by atoms with Crippen LogP contribution in [0.5, 0.6) is 17.2 Å². The lowest BCUT2D eigenvalue weighted by Crippen LogP contribution is -2.27. The first kappa shape index (κ1) is 17.5. The van der Waals surface area contributed by atoms with Gasteiger partial charge in [0, 0.05) is 5.69 Å². The van der Waals surface area contributed by atoms with E-state index in [9.17, 15) is 4.79 Å². The number of hydrogen-bond donors (Lipinski definition) is 0. The zero-order valence-electron chi connectivity index (χ0n) is 14.9. The highest BCUT2D eigenvalue weighted by Gasteiger charge is 2.34. The van der Waals surface area contributed by atoms with Crippen LogP contribution in [0.25, 0.3) is 0 Å². The number of carbonyl (C=O) groups is 1. The van der Waals surface area contributed by atoms with E-state index in [2.05, 4.69) is 0 Å². The zero-order valence-corrected chi connectivity index (χ0v) is 15.7. The number of nitrogens with zero attached hydrogens (tertiary/aromatic N) is 1. The van der Waals surface area contributed by atoms with Crippen molar-refractivity contribution in [2.45, 2.75) is 5.37 Å². The fraction of sp³-hybridized carbons (Fsp3) is 0.136. The molecule has 1 aliphatic rings. The van der Waals surface area contributed by atoms with Crippen molar-refractivity contribution < 1.29 is 14.3 Å². The molecule has 0 saturated carbocycles. The quantitative estimate of drug-likeness (QED) is 0.607. The molecule has 1 saturated heterocycles. The molecule has 1 fully saturated rings. The summed E-state index contributed by atoms with van der Waals surface area (Å²) in [6, 6.07) is 25.2. The molecular formula is C22H19NO3S. The van der Waals surface area contributed by atoms with Gasteiger partial charge < -0.3 is 9.47 Å². The zero-order chi connectivity index (χ0) is 18.6. The summed E-state index contributed by atoms with van der Waals surface area (Å²) in [6.45, 7) is 0. The summed E-state index contributed by atoms with van der Waals surface area (Å²) in [5.41, 5.74) is 1.90. The molecule has 3 aromatic rings. The molecule has 1 heterocycles. The fourth-order valence-corrected chi connectivity index (χ4v) is 4.22. The molecule has 4 nitrogen and oxygen atoms in total. The molecule has 136 valence electrons. The molecule has 0 N–H and O–H groups in total. The molecule has 3 aromatic carbocycles. The largest absolute Gasteiger partial charge is 0.497 e. The fourth-order valence-electron chi connectivity index (χ4n) is 3.05. The minimum Gasteiger partial charge on any atom is -0.497 e. The number of para-hydroxylation sites is 1. The van der Waals surface area contributed by atoms with Crippen LogP contribution in [0.1, 0.15) is 10.9 Å². The van der Waals surface area contributed by atoms with Crippen LogP contribution in [0.15, 0.2) is 78.9 Å². The first-order valence-corrected chi connectivity index (χ1v) is 9.70. The third kappa shape index (κ3) is 3.78. The Morgan fingerprint density at radius 3 is 2.37 bits per heavy atom. The number of benzene rings is 3. The lowest BCUT2D eigenvalue weighted by molar-refractivity contribution is -0.115. The third-order valence-electron chi connectivity index (χ3n) is 4.34. The Morgan fingerprint density at radius 1 is 0.889 bits per heavy atom. The molecule has 5 heteroatoms. The monoisotopic (exact) mass is 377 g/mol. The highest BCUT2D eigenvalue weighted by atomic mass is 32.2. The summed E-state index contributed by atoms with van der Waals surface area (Å²) < 4.78 is 11.2. The Kier molecular flexibility index (Phi) is 5.03. The molecule has 27 heavy (non-hydrogen) atoms. The summed E-state index contributed by atoms with van der Waals surface area (Å²) in [6.07, 6.45) is 0. The van der Waals surface area contributed by atoms with E-state index in [1.165, 1.54) is 0 Å². The number of carbonyl (C=O) groups excluding carboxylic acids is 1. The van der Waals surface area contributed by atoms with E-state index in [1.54, 1.807) is 18.9 Å². The molecule has 0 bridgehead atoms. The van der Waals surface area contributed by atoms with E-state index in [0.717, 1.165) is 28.5 Å². The Balaban J connectivity index is 1.61. The molecule has 4 rings (SSSR count). The van der Waals surface area contributed by atoms with Crippen molar-refractivity contribution in [3.63, 3.8) is 0 Å². The topological polar surface area (TPSA) is 38.8 Å². The van der Waals surface area contributed by atoms with E-state index in [1.807, 2.05) is 83.8 Å². The maximum absolute atomic E-state index is 12.5. The smallest absolute Gasteiger partial charge is 0.238 e. The second-order valence-electron chi connectivity index (χ2n) is 6.11. The summed E-state index contributed by atoms with van der Waals surface area (Å²) in [7, 11) is 1.63. The van der Waals surface area contributed by atoms with Gasteiger partial charge in [-0.1, -0.05) is 30.3 Å². The van der Waals surface area contributed by atoms with E-state index < -0.39 is 0 Å². The van der Waals surface area contributed by atoms with Crippen molar-refractivity contribution in [1.29, 1.82) is 0 Å². The van der Waals surface area contributed by atoms with E-state index in [0.29, 0.717) is 5.75 Å². The van der Waals surface area contributed by atoms with Crippen molar-refractivity contribution >= 4 is 23.4 Å². The van der Waals surface area contributed by atoms with Gasteiger partial charge in [-0.2, -0.15) is 0 Å². The van der Waals surface area contributed by atoms with Crippen molar-refractivity contribution in [2.75, 3.05) is 17.8 Å². The summed E-state index contributed by atoms with van der Waals surface area (Å²) in [4.78, 5) is 14.4. The molecule has 0 radical (unpaired) electrons. The molecule has 1 atom stereocenters. The number of ether oxygens (including phenoxy) is 2. The number of anilines is 1. The van der Waals surface area contributed by atoms with E-state index >= 15 is 0 Å². The molecule has 0 aliphatic carbocycles. The van der Waals surface area contributed by atoms with Crippen LogP contribution in [0.4, 0.5) is 5.69 Å². The van der Waals surface area contributed by atoms with Crippen molar-refractivity contribution in [3.8, 4) is 17.2 Å². The SMILES string of the molecule is COc1ccc(N2C(=O)CSC2c2cccc(Oc3ccccc3)c2)cc1. The molecule has 1 aliphatic heterocycles. The third-order valence-corrected chi connectivity index (χ3v) is 5.55. The minimum absolute atomic E-state index is 0.0785. The second kappa shape index (κ2) is 7.76. The minimum atomic E-state index is -0.0785. The number of thioether (sulfide) groups is 1. The standard InChI is InChI=1S/C22H19NO3S/c1-25-18-12-10-17(11-13-18)23-21(24)15-27-22(23)16-6-5-9-20(14-16)26-19-7-3-2-4-8-19/h2-14,22H,15H2,1H3. The van der Waals surface area contributed by atoms with Crippen LogP contribution in [-0.2, 0) is 4.79 Å². The van der Waals surface area contributed by atoms with Crippen LogP contribution in [0, 0.1) is 0 Å². The van der Waals surface area contributed by atoms with Gasteiger partial charge in [0.15, 0.2) is 0 Å². The van der Waals surface area contributed by atoms with Gasteiger partial charge in [0.25, 0.3) is 0 Å². The Hall–Kier alpha value is -2.92. The van der Waals surface area contributed by atoms with Crippen LogP contribution in [0.2, 0.25) is 0 Å². The van der Waals surface area contributed by atoms with Gasteiger partial charge in [-0.25, -0.2) is 0 Å². The summed E-state index contributed by atoms with van der Waals surface area (Å²) in [5.74, 6) is 2.88. The lowest BCUT2D eigenvalue weighted by Gasteiger charge is -2.25. The van der Waals surface area contributed by atoms with E-state index in [-0.39, 0.29) is 11.3 Å². The average molecular weight is 377 g/mol. The number of rotatable bonds is 5. The molecule has 0 spiro atoms. The van der Waals surface area contributed by atoms with Gasteiger partial charge in [0.2, 0.25) is 5.91 Å². The van der Waals surface area contributed by atoms with Crippen molar-refractivity contribution in [2.24, 2.45) is 0 Å². The Bertz CT molecular complexity index is 928. The molecule has 0 aromatic heterocycles. The predicted octanol–water partition coefficient (Wildman–Crippen LogP) is 5.27. The van der Waals surface area contributed by atoms with Gasteiger partial charge in [0.1, 0.15) is 22.6 Å². The highest BCUT2D eigenvalue weighted by molar-refractivity contribution is 8.00. The second-order valence-corrected chi connectivity index (χ2v) is 7.18. The number of methoxy groups -OCH3 is 1. The number of hydrogen-bond acceptors (Lipinski definition) is 4. The van der Waals surface area contributed by atoms with Gasteiger partial charge in [-0.3, -0.25) is 9.69 Å². The van der Waals surface area contributed by atoms with Gasteiger partial charge in [-0.05, 0) is 54.1 Å². The Labute approximate surface area is 162 Å². The molecular weight excluding hydrogens is 358 g/mol. The average Bonchev–Trinajstić information content (AvgIpc) is 3.10. The van der Waals surface area contributed by atoms with Crippen LogP contribution in [0.3, 0.4) is 0 Å². The van der Waals surface area contributed by atoms with Gasteiger partial charge >= 0.3 is 0 Å². The first-order valence-electron chi connectivity index (χ1n) is 8.65. The summed E-state index contributed by atoms with van der Waals surface area (Å²) in [5, 5.41) is -0.0785. The normalized spacial score (nSPS) is 16.4. The van der Waals surface area contributed by atoms with Crippen LogP contribution < -0.4 is 14.4 Å². The Morgan fingerprint density at radius 2 is 1.63 bits per heavy atom. The van der Waals surface area contributed by atoms with E-state index in [4.69, 9.17) is 9.47 Å². The maximum Gasteiger partial charge on any atom is 0.238 e. The lowest BCUT2D eigenvalue weighted by atomic mass is 10.1. The van der Waals surface area contributed by atoms with Crippen LogP contribution >= 0.6 is 11.8 Å². The van der Waals surface area contributed by atoms with Gasteiger partial charge in [0.05, 0.1) is 12.9 Å². The first-order chi connectivity index (χ1) is 13.2. The van der Waals surface area contributed by atoms with Crippen molar-refractivity contribution in [3.05, 3.63) is 84.4 Å². The molecule has 1 unspecified atom stereocenters. The highest BCUT2D eigenvalue weighted by Crippen LogP contribution is 2.43. The predicted molar refractivity (Wildman–Crippen MR) is 109 cm³/mol. The molecule has 1 amide bonds. The van der Waals surface area contributed by atoms with Crippen molar-refractivity contribution in [1.82, 2.24) is 0 Å². The van der Waals surface area contributed by atoms with Gasteiger partial charge in [-0.15, -0.1) is 11.8 Å². The van der Waals surface area contributed by atoms with Crippen LogP contribution in [-0.4, -0.2) is 18.8 Å². The summed E-state index contributed by atoms with van der Waals surface area (Å²) >= 11 is 1.62. The maximum atomic E-state index is 12.5.